The molecule has 0 aromatic carbocycles. The van der Waals surface area contributed by atoms with Crippen LogP contribution < -0.4 is 0 Å². The van der Waals surface area contributed by atoms with Crippen molar-refractivity contribution in [1.82, 2.24) is 14.7 Å². The van der Waals surface area contributed by atoms with Gasteiger partial charge in [0.05, 0.1) is 24.0 Å². The number of carbonyl (C=O) groups is 1. The molecule has 0 saturated carbocycles. The van der Waals surface area contributed by atoms with Gasteiger partial charge < -0.3 is 9.64 Å². The maximum absolute atomic E-state index is 12.1. The van der Waals surface area contributed by atoms with Gasteiger partial charge in [-0.25, -0.2) is 0 Å². The lowest BCUT2D eigenvalue weighted by Gasteiger charge is -2.37. The van der Waals surface area contributed by atoms with Crippen molar-refractivity contribution in [3.05, 3.63) is 18.0 Å². The molecule has 2 heterocycles. The molecule has 1 saturated heterocycles. The molecular formula is C11H17N3O2. The Hall–Kier alpha value is -1.36. The van der Waals surface area contributed by atoms with Gasteiger partial charge in [-0.2, -0.15) is 5.10 Å². The highest BCUT2D eigenvalue weighted by Crippen LogP contribution is 2.18. The lowest BCUT2D eigenvalue weighted by atomic mass is 10.1. The van der Waals surface area contributed by atoms with Crippen molar-refractivity contribution in [2.24, 2.45) is 7.05 Å². The minimum absolute atomic E-state index is 0.0319. The molecule has 0 aliphatic carbocycles. The number of hydrogen-bond acceptors (Lipinski definition) is 3. The van der Waals surface area contributed by atoms with Gasteiger partial charge in [0.15, 0.2) is 0 Å². The summed E-state index contributed by atoms with van der Waals surface area (Å²) in [6.45, 7) is 5.86. The van der Waals surface area contributed by atoms with E-state index in [4.69, 9.17) is 4.74 Å². The van der Waals surface area contributed by atoms with Crippen molar-refractivity contribution in [3.63, 3.8) is 0 Å². The molecule has 16 heavy (non-hydrogen) atoms. The standard InChI is InChI=1S/C11H17N3O2/c1-11(2)8-14(4-5-16-11)10(15)9-6-12-13(3)7-9/h6-7H,4-5,8H2,1-3H3. The normalized spacial score (nSPS) is 19.8. The van der Waals surface area contributed by atoms with Crippen molar-refractivity contribution >= 4 is 5.91 Å². The predicted molar refractivity (Wildman–Crippen MR) is 59.1 cm³/mol. The topological polar surface area (TPSA) is 47.4 Å². The second-order valence-corrected chi connectivity index (χ2v) is 4.74. The third kappa shape index (κ3) is 2.24. The van der Waals surface area contributed by atoms with Gasteiger partial charge in [0.2, 0.25) is 0 Å². The maximum atomic E-state index is 12.1. The van der Waals surface area contributed by atoms with Crippen LogP contribution in [0.5, 0.6) is 0 Å². The smallest absolute Gasteiger partial charge is 0.257 e. The van der Waals surface area contributed by atoms with Crippen molar-refractivity contribution in [2.75, 3.05) is 19.7 Å². The zero-order valence-electron chi connectivity index (χ0n) is 9.93. The van der Waals surface area contributed by atoms with E-state index in [9.17, 15) is 4.79 Å². The van der Waals surface area contributed by atoms with Crippen LogP contribution in [0.1, 0.15) is 24.2 Å². The van der Waals surface area contributed by atoms with E-state index < -0.39 is 0 Å². The van der Waals surface area contributed by atoms with E-state index >= 15 is 0 Å². The van der Waals surface area contributed by atoms with Gasteiger partial charge >= 0.3 is 0 Å². The van der Waals surface area contributed by atoms with E-state index in [2.05, 4.69) is 5.10 Å². The fourth-order valence-corrected chi connectivity index (χ4v) is 1.90. The Balaban J connectivity index is 2.10. The van der Waals surface area contributed by atoms with Crippen molar-refractivity contribution in [1.29, 1.82) is 0 Å². The van der Waals surface area contributed by atoms with E-state index in [1.54, 1.807) is 24.1 Å². The zero-order valence-corrected chi connectivity index (χ0v) is 9.93. The van der Waals surface area contributed by atoms with Crippen LogP contribution in [0.4, 0.5) is 0 Å². The summed E-state index contributed by atoms with van der Waals surface area (Å²) in [5, 5.41) is 4.01. The molecule has 0 atom stereocenters. The van der Waals surface area contributed by atoms with Crippen molar-refractivity contribution in [3.8, 4) is 0 Å². The average Bonchev–Trinajstić information content (AvgIpc) is 2.62. The molecule has 0 bridgehead atoms. The number of nitrogens with zero attached hydrogens (tertiary/aromatic N) is 3. The highest BCUT2D eigenvalue weighted by Gasteiger charge is 2.30. The quantitative estimate of drug-likeness (QED) is 0.703. The molecule has 0 unspecified atom stereocenters. The first-order valence-corrected chi connectivity index (χ1v) is 5.40. The lowest BCUT2D eigenvalue weighted by Crippen LogP contribution is -2.50. The van der Waals surface area contributed by atoms with E-state index in [0.29, 0.717) is 25.3 Å². The van der Waals surface area contributed by atoms with Crippen LogP contribution >= 0.6 is 0 Å². The zero-order chi connectivity index (χ0) is 11.8. The van der Waals surface area contributed by atoms with Crippen LogP contribution in [0.25, 0.3) is 0 Å². The number of aromatic nitrogens is 2. The Morgan fingerprint density at radius 2 is 2.31 bits per heavy atom. The summed E-state index contributed by atoms with van der Waals surface area (Å²) in [7, 11) is 1.81. The summed E-state index contributed by atoms with van der Waals surface area (Å²) in [4.78, 5) is 13.9. The van der Waals surface area contributed by atoms with Gasteiger partial charge in [-0.1, -0.05) is 0 Å². The molecule has 5 nitrogen and oxygen atoms in total. The van der Waals surface area contributed by atoms with Crippen molar-refractivity contribution in [2.45, 2.75) is 19.4 Å². The first-order chi connectivity index (χ1) is 7.48. The summed E-state index contributed by atoms with van der Waals surface area (Å²) < 4.78 is 7.21. The highest BCUT2D eigenvalue weighted by atomic mass is 16.5. The van der Waals surface area contributed by atoms with Crippen molar-refractivity contribution < 1.29 is 9.53 Å². The average molecular weight is 223 g/mol. The van der Waals surface area contributed by atoms with E-state index in [0.717, 1.165) is 0 Å². The monoisotopic (exact) mass is 223 g/mol. The third-order valence-electron chi connectivity index (χ3n) is 2.66. The summed E-state index contributed by atoms with van der Waals surface area (Å²) >= 11 is 0. The number of amides is 1. The van der Waals surface area contributed by atoms with Crippen LogP contribution in [0, 0.1) is 0 Å². The van der Waals surface area contributed by atoms with Crippen LogP contribution in [0.3, 0.4) is 0 Å². The molecule has 5 heteroatoms. The maximum Gasteiger partial charge on any atom is 0.257 e. The predicted octanol–water partition coefficient (Wildman–Crippen LogP) is 0.671. The minimum Gasteiger partial charge on any atom is -0.372 e. The number of aryl methyl sites for hydroxylation is 1. The first-order valence-electron chi connectivity index (χ1n) is 5.40. The first kappa shape index (κ1) is 11.1. The largest absolute Gasteiger partial charge is 0.372 e. The van der Waals surface area contributed by atoms with Crippen LogP contribution in [0.15, 0.2) is 12.4 Å². The molecule has 1 aromatic rings. The number of ether oxygens (including phenoxy) is 1. The minimum atomic E-state index is -0.254. The molecule has 1 amide bonds. The second-order valence-electron chi connectivity index (χ2n) is 4.74. The third-order valence-corrected chi connectivity index (χ3v) is 2.66. The Bertz CT molecular complexity index is 398. The molecule has 1 aliphatic rings. The fourth-order valence-electron chi connectivity index (χ4n) is 1.90. The highest BCUT2D eigenvalue weighted by molar-refractivity contribution is 5.93. The van der Waals surface area contributed by atoms with Gasteiger partial charge in [-0.05, 0) is 13.8 Å². The SMILES string of the molecule is Cn1cc(C(=O)N2CCOC(C)(C)C2)cn1. The van der Waals surface area contributed by atoms with Gasteiger partial charge in [-0.3, -0.25) is 9.48 Å². The Kier molecular flexibility index (Phi) is 2.71. The van der Waals surface area contributed by atoms with Crippen LogP contribution in [0.2, 0.25) is 0 Å². The number of rotatable bonds is 1. The van der Waals surface area contributed by atoms with E-state index in [-0.39, 0.29) is 11.5 Å². The Labute approximate surface area is 95.0 Å². The van der Waals surface area contributed by atoms with Crippen LogP contribution in [-0.2, 0) is 11.8 Å². The molecule has 2 rings (SSSR count). The molecule has 1 aliphatic heterocycles. The Morgan fingerprint density at radius 1 is 1.56 bits per heavy atom. The van der Waals surface area contributed by atoms with E-state index in [1.165, 1.54) is 0 Å². The molecular weight excluding hydrogens is 206 g/mol. The molecule has 1 aromatic heterocycles. The summed E-state index contributed by atoms with van der Waals surface area (Å²) in [6.07, 6.45) is 3.34. The molecule has 88 valence electrons. The van der Waals surface area contributed by atoms with E-state index in [1.807, 2.05) is 18.7 Å². The number of carbonyl (C=O) groups excluding carboxylic acids is 1. The Morgan fingerprint density at radius 3 is 2.88 bits per heavy atom. The molecule has 0 N–H and O–H groups in total. The van der Waals surface area contributed by atoms with Crippen LogP contribution in [-0.4, -0.2) is 45.9 Å². The summed E-state index contributed by atoms with van der Waals surface area (Å²) in [5.41, 5.74) is 0.385. The lowest BCUT2D eigenvalue weighted by molar-refractivity contribution is -0.0764. The summed E-state index contributed by atoms with van der Waals surface area (Å²) in [6, 6.07) is 0. The van der Waals surface area contributed by atoms with Gasteiger partial charge in [0.25, 0.3) is 5.91 Å². The summed E-state index contributed by atoms with van der Waals surface area (Å²) in [5.74, 6) is 0.0319. The molecule has 0 spiro atoms. The number of hydrogen-bond donors (Lipinski definition) is 0. The van der Waals surface area contributed by atoms with Gasteiger partial charge in [-0.15, -0.1) is 0 Å². The molecule has 1 fully saturated rings. The second kappa shape index (κ2) is 3.90. The van der Waals surface area contributed by atoms with Gasteiger partial charge in [0.1, 0.15) is 0 Å². The molecule has 0 radical (unpaired) electrons. The number of morpholine rings is 1. The fraction of sp³-hybridized carbons (Fsp3) is 0.636. The van der Waals surface area contributed by atoms with Gasteiger partial charge in [0, 0.05) is 26.3 Å².